The van der Waals surface area contributed by atoms with Crippen LogP contribution in [0.2, 0.25) is 0 Å². The lowest BCUT2D eigenvalue weighted by Crippen LogP contribution is -2.59. The van der Waals surface area contributed by atoms with Crippen LogP contribution < -0.4 is 47.9 Å². The van der Waals surface area contributed by atoms with E-state index in [0.717, 1.165) is 11.1 Å². The highest BCUT2D eigenvalue weighted by atomic mass is 16.5. The van der Waals surface area contributed by atoms with Gasteiger partial charge in [-0.1, -0.05) is 96.2 Å². The van der Waals surface area contributed by atoms with Crippen molar-refractivity contribution in [3.8, 4) is 0 Å². The second kappa shape index (κ2) is 36.5. The van der Waals surface area contributed by atoms with E-state index in [0.29, 0.717) is 154 Å². The first kappa shape index (κ1) is 70.2. The third kappa shape index (κ3) is 20.4. The molecule has 4 aliphatic heterocycles. The van der Waals surface area contributed by atoms with E-state index in [1.807, 2.05) is 72.9 Å². The molecule has 500 valence electrons. The Morgan fingerprint density at radius 3 is 1.65 bits per heavy atom. The Balaban J connectivity index is 0.684. The predicted octanol–water partition coefficient (Wildman–Crippen LogP) is 1.96. The van der Waals surface area contributed by atoms with E-state index in [4.69, 9.17) is 14.2 Å². The van der Waals surface area contributed by atoms with Gasteiger partial charge in [-0.15, -0.1) is 5.10 Å². The second-order valence-corrected chi connectivity index (χ2v) is 24.4. The molecule has 8 rings (SSSR count). The molecule has 4 aliphatic rings. The lowest BCUT2D eigenvalue weighted by Gasteiger charge is -2.33. The Kier molecular flexibility index (Phi) is 27.9. The molecule has 4 aromatic rings. The van der Waals surface area contributed by atoms with Crippen LogP contribution in [-0.4, -0.2) is 194 Å². The standard InChI is InChI=1S/C67H96N14O11/c1-45(68-3)61(83)75-59-50(42-70-40-47-16-8-5-9-17-47)22-25-54-28-30-56(81(54)66(59)88)64(86)74-58(49-20-12-7-13-21-49)65(87)71-32-14-34-90-36-38-92-39-37-91-35-15-33-79-44-52(77-78-79)24-31-57(82)72-43-51-23-26-53-27-29-55(63(85)73-41-48-18-10-6-11-19-48)80(53)67(89)60(51)76-62(84)46(2)69-4/h5-13,16-21,44-46,50-51,53-56,58-60,68-70H,14-15,22-43H2,1-4H3,(H,71,87)(H,72,82)(H,73,85)(H,74,86)(H,75,83)(H,76,84)/t45-,46-,50+,51+,53-,54-,55-,56-,58-,59-,60-/m0/s1. The smallest absolute Gasteiger partial charge is 0.247 e. The Bertz CT molecular complexity index is 3000. The quantitative estimate of drug-likeness (QED) is 0.0294. The maximum absolute atomic E-state index is 14.6. The molecule has 0 unspecified atom stereocenters. The van der Waals surface area contributed by atoms with Gasteiger partial charge >= 0.3 is 0 Å². The van der Waals surface area contributed by atoms with Gasteiger partial charge in [-0.2, -0.15) is 0 Å². The summed E-state index contributed by atoms with van der Waals surface area (Å²) in [6, 6.07) is 23.0. The van der Waals surface area contributed by atoms with E-state index in [9.17, 15) is 38.4 Å². The van der Waals surface area contributed by atoms with E-state index >= 15 is 0 Å². The molecule has 11 atom stereocenters. The van der Waals surface area contributed by atoms with Gasteiger partial charge in [0.15, 0.2) is 0 Å². The molecule has 9 N–H and O–H groups in total. The van der Waals surface area contributed by atoms with Gasteiger partial charge in [0.1, 0.15) is 30.2 Å². The Labute approximate surface area is 540 Å². The van der Waals surface area contributed by atoms with Crippen molar-refractivity contribution in [3.05, 3.63) is 120 Å². The lowest BCUT2D eigenvalue weighted by molar-refractivity contribution is -0.144. The maximum Gasteiger partial charge on any atom is 0.247 e. The number of nitrogens with one attached hydrogen (secondary N) is 9. The van der Waals surface area contributed by atoms with Crippen molar-refractivity contribution in [2.75, 3.05) is 73.4 Å². The molecule has 4 saturated heterocycles. The largest absolute Gasteiger partial charge is 0.379 e. The van der Waals surface area contributed by atoms with Crippen molar-refractivity contribution in [3.63, 3.8) is 0 Å². The van der Waals surface area contributed by atoms with E-state index in [1.165, 1.54) is 0 Å². The molecule has 1 aromatic heterocycles. The van der Waals surface area contributed by atoms with Gasteiger partial charge < -0.3 is 71.9 Å². The molecular weight excluding hydrogens is 1180 g/mol. The molecule has 8 amide bonds. The predicted molar refractivity (Wildman–Crippen MR) is 343 cm³/mol. The third-order valence-electron chi connectivity index (χ3n) is 18.1. The summed E-state index contributed by atoms with van der Waals surface area (Å²) in [5.74, 6) is -3.05. The zero-order valence-corrected chi connectivity index (χ0v) is 53.8. The Morgan fingerprint density at radius 2 is 1.08 bits per heavy atom. The highest BCUT2D eigenvalue weighted by Crippen LogP contribution is 2.36. The zero-order valence-electron chi connectivity index (χ0n) is 53.8. The number of carbonyl (C=O) groups is 8. The molecule has 0 spiro atoms. The molecule has 25 heteroatoms. The number of hydrogen-bond acceptors (Lipinski definition) is 16. The van der Waals surface area contributed by atoms with Crippen LogP contribution >= 0.6 is 0 Å². The summed E-state index contributed by atoms with van der Waals surface area (Å²) in [6.07, 6.45) is 8.40. The highest BCUT2D eigenvalue weighted by molar-refractivity contribution is 5.96. The van der Waals surface area contributed by atoms with Gasteiger partial charge in [0.05, 0.1) is 44.2 Å². The van der Waals surface area contributed by atoms with E-state index in [1.54, 1.807) is 66.7 Å². The number of carbonyl (C=O) groups excluding carboxylic acids is 8. The SMILES string of the molecule is CN[C@@H](C)C(=O)N[C@@H]1C(=O)N2[C@@H](CC[C@@H]1CNC(=O)CCc1cn(CCCOCCOCCOCCCNC(=O)[C@@H](NC(=O)[C@@H]3CC[C@@H]4CC[C@H](CNCc5ccccc5)[C@H](NC(=O)[C@H](C)NC)C(=O)N43)c3ccccc3)nn1)CC[C@H]2C(=O)NCc1ccccc1. The highest BCUT2D eigenvalue weighted by Gasteiger charge is 2.50. The molecule has 0 aliphatic carbocycles. The summed E-state index contributed by atoms with van der Waals surface area (Å²) in [5.41, 5.74) is 3.33. The molecule has 0 radical (unpaired) electrons. The second-order valence-electron chi connectivity index (χ2n) is 24.4. The van der Waals surface area contributed by atoms with Gasteiger partial charge in [0.2, 0.25) is 47.3 Å². The lowest BCUT2D eigenvalue weighted by atomic mass is 9.92. The molecule has 25 nitrogen and oxygen atoms in total. The zero-order chi connectivity index (χ0) is 65.2. The van der Waals surface area contributed by atoms with Crippen LogP contribution in [-0.2, 0) is 78.6 Å². The topological polar surface area (TPSA) is 310 Å². The minimum atomic E-state index is -1.01. The van der Waals surface area contributed by atoms with E-state index in [-0.39, 0.29) is 78.2 Å². The summed E-state index contributed by atoms with van der Waals surface area (Å²) in [4.78, 5) is 114. The first-order chi connectivity index (χ1) is 44.7. The minimum absolute atomic E-state index is 0.143. The first-order valence-corrected chi connectivity index (χ1v) is 32.9. The molecular formula is C67H96N14O11. The Morgan fingerprint density at radius 1 is 0.565 bits per heavy atom. The summed E-state index contributed by atoms with van der Waals surface area (Å²) in [6.45, 7) is 8.29. The maximum atomic E-state index is 14.6. The number of hydrogen-bond donors (Lipinski definition) is 9. The average Bonchev–Trinajstić information content (AvgIpc) is 1.65. The minimum Gasteiger partial charge on any atom is -0.379 e. The van der Waals surface area contributed by atoms with Gasteiger partial charge in [-0.3, -0.25) is 43.0 Å². The number of likely N-dealkylation sites (N-methyl/N-ethyl adjacent to an activating group) is 2. The van der Waals surface area contributed by atoms with Crippen LogP contribution in [0.3, 0.4) is 0 Å². The van der Waals surface area contributed by atoms with Crippen molar-refractivity contribution in [2.24, 2.45) is 11.8 Å². The summed E-state index contributed by atoms with van der Waals surface area (Å²) in [5, 5.41) is 35.8. The average molecular weight is 1270 g/mol. The van der Waals surface area contributed by atoms with Crippen LogP contribution in [0, 0.1) is 11.8 Å². The van der Waals surface area contributed by atoms with Gasteiger partial charge in [0.25, 0.3) is 0 Å². The molecule has 5 heterocycles. The van der Waals surface area contributed by atoms with Crippen LogP contribution in [0.1, 0.15) is 113 Å². The third-order valence-corrected chi connectivity index (χ3v) is 18.1. The number of benzene rings is 3. The summed E-state index contributed by atoms with van der Waals surface area (Å²) < 4.78 is 18.9. The van der Waals surface area contributed by atoms with Crippen molar-refractivity contribution < 1.29 is 52.6 Å². The Hall–Kier alpha value is -7.68. The normalized spacial score (nSPS) is 22.2. The van der Waals surface area contributed by atoms with Gasteiger partial charge in [0, 0.05) is 95.4 Å². The first-order valence-electron chi connectivity index (χ1n) is 32.9. The van der Waals surface area contributed by atoms with Crippen LogP contribution in [0.15, 0.2) is 97.2 Å². The number of ether oxygens (including phenoxy) is 3. The van der Waals surface area contributed by atoms with E-state index < -0.39 is 48.2 Å². The molecule has 4 fully saturated rings. The molecule has 0 bridgehead atoms. The fourth-order valence-electron chi connectivity index (χ4n) is 12.6. The van der Waals surface area contributed by atoms with Crippen LogP contribution in [0.4, 0.5) is 0 Å². The number of amides is 8. The van der Waals surface area contributed by atoms with Crippen LogP contribution in [0.25, 0.3) is 0 Å². The number of aromatic nitrogens is 3. The molecule has 92 heavy (non-hydrogen) atoms. The molecule has 0 saturated carbocycles. The molecule has 3 aromatic carbocycles. The number of nitrogens with zero attached hydrogens (tertiary/aromatic N) is 5. The van der Waals surface area contributed by atoms with Crippen molar-refractivity contribution >= 4 is 47.3 Å². The van der Waals surface area contributed by atoms with Gasteiger partial charge in [-0.05, 0) is 109 Å². The fourth-order valence-corrected chi connectivity index (χ4v) is 12.6. The summed E-state index contributed by atoms with van der Waals surface area (Å²) >= 11 is 0. The fraction of sp³-hybridized carbons (Fsp3) is 0.582. The van der Waals surface area contributed by atoms with Crippen molar-refractivity contribution in [1.29, 1.82) is 0 Å². The van der Waals surface area contributed by atoms with Crippen molar-refractivity contribution in [2.45, 2.75) is 165 Å². The van der Waals surface area contributed by atoms with Crippen molar-refractivity contribution in [1.82, 2.24) is 72.6 Å². The van der Waals surface area contributed by atoms with Crippen LogP contribution in [0.5, 0.6) is 0 Å². The summed E-state index contributed by atoms with van der Waals surface area (Å²) in [7, 11) is 3.36. The number of aryl methyl sites for hydroxylation is 2. The monoisotopic (exact) mass is 1270 g/mol. The van der Waals surface area contributed by atoms with E-state index in [2.05, 4.69) is 58.2 Å². The number of rotatable bonds is 36. The number of fused-ring (bicyclic) bond motifs is 2. The van der Waals surface area contributed by atoms with Gasteiger partial charge in [-0.25, -0.2) is 0 Å².